The molecule has 5 rings (SSSR count). The van der Waals surface area contributed by atoms with Crippen molar-refractivity contribution in [1.29, 1.82) is 0 Å². The monoisotopic (exact) mass is 467 g/mol. The summed E-state index contributed by atoms with van der Waals surface area (Å²) in [6.45, 7) is 2.58. The number of nitrogens with one attached hydrogen (secondary N) is 1. The molecule has 0 saturated carbocycles. The van der Waals surface area contributed by atoms with Gasteiger partial charge in [-0.15, -0.1) is 11.3 Å². The van der Waals surface area contributed by atoms with E-state index in [1.807, 2.05) is 19.1 Å². The topological polar surface area (TPSA) is 79.4 Å². The van der Waals surface area contributed by atoms with Crippen LogP contribution in [0.5, 0.6) is 0 Å². The Morgan fingerprint density at radius 2 is 1.94 bits per heavy atom. The molecule has 1 amide bonds. The molecule has 0 spiro atoms. The van der Waals surface area contributed by atoms with E-state index in [0.717, 1.165) is 48.2 Å². The van der Waals surface area contributed by atoms with Gasteiger partial charge >= 0.3 is 0 Å². The molecule has 1 fully saturated rings. The Morgan fingerprint density at radius 3 is 2.72 bits per heavy atom. The third-order valence-corrected chi connectivity index (χ3v) is 9.25. The van der Waals surface area contributed by atoms with Gasteiger partial charge in [0.15, 0.2) is 5.13 Å². The molecule has 1 atom stereocenters. The Balaban J connectivity index is 1.31. The lowest BCUT2D eigenvalue weighted by atomic mass is 10.0. The van der Waals surface area contributed by atoms with Gasteiger partial charge in [-0.25, -0.2) is 13.4 Å². The molecule has 3 aromatic rings. The molecule has 0 radical (unpaired) electrons. The fourth-order valence-corrected chi connectivity index (χ4v) is 7.36. The summed E-state index contributed by atoms with van der Waals surface area (Å²) >= 11 is 1.48. The molecular weight excluding hydrogens is 442 g/mol. The first-order valence-corrected chi connectivity index (χ1v) is 13.2. The van der Waals surface area contributed by atoms with Gasteiger partial charge in [-0.05, 0) is 49.1 Å². The van der Waals surface area contributed by atoms with Gasteiger partial charge in [0.1, 0.15) is 0 Å². The highest BCUT2D eigenvalue weighted by Crippen LogP contribution is 2.40. The molecule has 2 aromatic carbocycles. The van der Waals surface area contributed by atoms with E-state index in [0.29, 0.717) is 17.2 Å². The SMILES string of the molecule is CC[C@@H]1CCCCN1S(=O)(=O)c1ccc(C(=O)Nc2nc3c(s2)Cc2ccccc2-3)cc1. The minimum atomic E-state index is -3.56. The average molecular weight is 468 g/mol. The van der Waals surface area contributed by atoms with Gasteiger partial charge in [0.2, 0.25) is 10.0 Å². The third kappa shape index (κ3) is 3.76. The van der Waals surface area contributed by atoms with Gasteiger partial charge in [-0.2, -0.15) is 4.31 Å². The summed E-state index contributed by atoms with van der Waals surface area (Å²) < 4.78 is 27.9. The summed E-state index contributed by atoms with van der Waals surface area (Å²) in [6.07, 6.45) is 4.50. The van der Waals surface area contributed by atoms with Gasteiger partial charge < -0.3 is 0 Å². The largest absolute Gasteiger partial charge is 0.298 e. The zero-order valence-electron chi connectivity index (χ0n) is 17.9. The molecule has 0 bridgehead atoms. The Labute approximate surface area is 192 Å². The number of nitrogens with zero attached hydrogens (tertiary/aromatic N) is 2. The molecular formula is C24H25N3O3S2. The van der Waals surface area contributed by atoms with Crippen LogP contribution >= 0.6 is 11.3 Å². The maximum Gasteiger partial charge on any atom is 0.257 e. The fraction of sp³-hybridized carbons (Fsp3) is 0.333. The number of amides is 1. The summed E-state index contributed by atoms with van der Waals surface area (Å²) in [6, 6.07) is 14.4. The first-order chi connectivity index (χ1) is 15.5. The fourth-order valence-electron chi connectivity index (χ4n) is 4.60. The summed E-state index contributed by atoms with van der Waals surface area (Å²) in [5.41, 5.74) is 3.73. The zero-order chi connectivity index (χ0) is 22.3. The number of rotatable bonds is 5. The number of sulfonamides is 1. The van der Waals surface area contributed by atoms with Gasteiger partial charge in [0, 0.05) is 35.0 Å². The standard InChI is InChI=1S/C24H25N3O3S2/c1-2-18-8-5-6-14-27(18)32(29,30)19-12-10-16(11-13-19)23(28)26-24-25-22-20-9-4-3-7-17(20)15-21(22)31-24/h3-4,7,9-13,18H,2,5-6,8,14-15H2,1H3,(H,25,26,28)/t18-/m1/s1. The molecule has 1 aromatic heterocycles. The van der Waals surface area contributed by atoms with Crippen molar-refractivity contribution >= 4 is 32.4 Å². The number of carbonyl (C=O) groups is 1. The average Bonchev–Trinajstić information content (AvgIpc) is 3.36. The van der Waals surface area contributed by atoms with Crippen LogP contribution in [-0.4, -0.2) is 36.2 Å². The highest BCUT2D eigenvalue weighted by Gasteiger charge is 2.32. The molecule has 166 valence electrons. The van der Waals surface area contributed by atoms with Crippen LogP contribution < -0.4 is 5.32 Å². The smallest absolute Gasteiger partial charge is 0.257 e. The van der Waals surface area contributed by atoms with Gasteiger partial charge in [-0.3, -0.25) is 10.1 Å². The third-order valence-electron chi connectivity index (χ3n) is 6.31. The van der Waals surface area contributed by atoms with E-state index in [-0.39, 0.29) is 16.8 Å². The highest BCUT2D eigenvalue weighted by molar-refractivity contribution is 7.89. The van der Waals surface area contributed by atoms with Crippen LogP contribution in [0.1, 0.15) is 53.4 Å². The minimum Gasteiger partial charge on any atom is -0.298 e. The molecule has 2 aliphatic rings. The number of carbonyl (C=O) groups excluding carboxylic acids is 1. The van der Waals surface area contributed by atoms with Crippen LogP contribution in [-0.2, 0) is 16.4 Å². The summed E-state index contributed by atoms with van der Waals surface area (Å²) in [4.78, 5) is 18.7. The van der Waals surface area contributed by atoms with Crippen LogP contribution in [0.4, 0.5) is 5.13 Å². The predicted molar refractivity (Wildman–Crippen MR) is 127 cm³/mol. The van der Waals surface area contributed by atoms with Crippen molar-refractivity contribution < 1.29 is 13.2 Å². The van der Waals surface area contributed by atoms with Crippen molar-refractivity contribution in [3.8, 4) is 11.3 Å². The van der Waals surface area contributed by atoms with Crippen LogP contribution in [0.25, 0.3) is 11.3 Å². The van der Waals surface area contributed by atoms with Crippen LogP contribution in [0.15, 0.2) is 53.4 Å². The maximum atomic E-state index is 13.1. The minimum absolute atomic E-state index is 0.0497. The molecule has 1 aliphatic heterocycles. The zero-order valence-corrected chi connectivity index (χ0v) is 19.5. The van der Waals surface area contributed by atoms with E-state index in [9.17, 15) is 13.2 Å². The lowest BCUT2D eigenvalue weighted by Crippen LogP contribution is -2.43. The first-order valence-electron chi connectivity index (χ1n) is 11.0. The number of hydrogen-bond donors (Lipinski definition) is 1. The first kappa shape index (κ1) is 21.3. The molecule has 1 saturated heterocycles. The summed E-state index contributed by atoms with van der Waals surface area (Å²) in [5, 5.41) is 3.43. The number of anilines is 1. The second-order valence-electron chi connectivity index (χ2n) is 8.28. The second-order valence-corrected chi connectivity index (χ2v) is 11.3. The Bertz CT molecular complexity index is 1270. The molecule has 6 nitrogen and oxygen atoms in total. The molecule has 2 heterocycles. The summed E-state index contributed by atoms with van der Waals surface area (Å²) in [7, 11) is -3.56. The van der Waals surface area contributed by atoms with Gasteiger partial charge in [0.05, 0.1) is 10.6 Å². The Morgan fingerprint density at radius 1 is 1.16 bits per heavy atom. The molecule has 0 unspecified atom stereocenters. The van der Waals surface area contributed by atoms with E-state index in [4.69, 9.17) is 0 Å². The molecule has 1 N–H and O–H groups in total. The number of thiazole rings is 1. The highest BCUT2D eigenvalue weighted by atomic mass is 32.2. The lowest BCUT2D eigenvalue weighted by Gasteiger charge is -2.34. The second kappa shape index (κ2) is 8.42. The van der Waals surface area contributed by atoms with E-state index in [2.05, 4.69) is 22.4 Å². The van der Waals surface area contributed by atoms with E-state index in [1.165, 1.54) is 29.0 Å². The van der Waals surface area contributed by atoms with E-state index in [1.54, 1.807) is 16.4 Å². The Kier molecular flexibility index (Phi) is 5.61. The molecule has 1 aliphatic carbocycles. The number of piperidine rings is 1. The lowest BCUT2D eigenvalue weighted by molar-refractivity contribution is 0.102. The van der Waals surface area contributed by atoms with Crippen molar-refractivity contribution in [3.63, 3.8) is 0 Å². The van der Waals surface area contributed by atoms with Crippen LogP contribution in [0, 0.1) is 0 Å². The van der Waals surface area contributed by atoms with Crippen LogP contribution in [0.2, 0.25) is 0 Å². The quantitative estimate of drug-likeness (QED) is 0.452. The van der Waals surface area contributed by atoms with Crippen molar-refractivity contribution in [3.05, 3.63) is 64.5 Å². The number of hydrogen-bond acceptors (Lipinski definition) is 5. The Hall–Kier alpha value is -2.55. The van der Waals surface area contributed by atoms with Crippen molar-refractivity contribution in [1.82, 2.24) is 9.29 Å². The van der Waals surface area contributed by atoms with Crippen molar-refractivity contribution in [2.75, 3.05) is 11.9 Å². The van der Waals surface area contributed by atoms with Gasteiger partial charge in [0.25, 0.3) is 5.91 Å². The molecule has 8 heteroatoms. The summed E-state index contributed by atoms with van der Waals surface area (Å²) in [5.74, 6) is -0.293. The number of fused-ring (bicyclic) bond motifs is 3. The van der Waals surface area contributed by atoms with E-state index < -0.39 is 10.0 Å². The molecule has 32 heavy (non-hydrogen) atoms. The predicted octanol–water partition coefficient (Wildman–Crippen LogP) is 4.92. The number of aromatic nitrogens is 1. The van der Waals surface area contributed by atoms with Crippen molar-refractivity contribution in [2.24, 2.45) is 0 Å². The van der Waals surface area contributed by atoms with Gasteiger partial charge in [-0.1, -0.05) is 37.6 Å². The number of benzene rings is 2. The van der Waals surface area contributed by atoms with E-state index >= 15 is 0 Å². The van der Waals surface area contributed by atoms with Crippen molar-refractivity contribution in [2.45, 2.75) is 50.0 Å². The van der Waals surface area contributed by atoms with Crippen LogP contribution in [0.3, 0.4) is 0 Å². The maximum absolute atomic E-state index is 13.1. The normalized spacial score (nSPS) is 18.2.